The van der Waals surface area contributed by atoms with Gasteiger partial charge in [0.15, 0.2) is 11.5 Å². The minimum Gasteiger partial charge on any atom is -0.493 e. The lowest BCUT2D eigenvalue weighted by molar-refractivity contribution is 0.354. The van der Waals surface area contributed by atoms with E-state index < -0.39 is 0 Å². The summed E-state index contributed by atoms with van der Waals surface area (Å²) in [4.78, 5) is 0. The third-order valence-corrected chi connectivity index (χ3v) is 3.68. The maximum Gasteiger partial charge on any atom is 0.161 e. The van der Waals surface area contributed by atoms with Crippen molar-refractivity contribution in [3.8, 4) is 11.5 Å². The van der Waals surface area contributed by atoms with Crippen molar-refractivity contribution < 1.29 is 9.47 Å². The van der Waals surface area contributed by atoms with Gasteiger partial charge in [-0.25, -0.2) is 0 Å². The second-order valence-electron chi connectivity index (χ2n) is 4.99. The Morgan fingerprint density at radius 1 is 1.00 bits per heavy atom. The first-order valence-electron chi connectivity index (χ1n) is 7.26. The zero-order chi connectivity index (χ0) is 15.2. The number of aryl methyl sites for hydroxylation is 1. The van der Waals surface area contributed by atoms with Crippen LogP contribution in [0, 0.1) is 0 Å². The Balaban J connectivity index is 2.22. The van der Waals surface area contributed by atoms with Crippen molar-refractivity contribution in [1.29, 1.82) is 0 Å². The molecule has 2 aromatic carbocycles. The normalized spacial score (nSPS) is 11.8. The Hall–Kier alpha value is -2.16. The van der Waals surface area contributed by atoms with Crippen LogP contribution in [0.3, 0.4) is 0 Å². The van der Waals surface area contributed by atoms with Crippen LogP contribution in [-0.2, 0) is 6.42 Å². The van der Waals surface area contributed by atoms with Gasteiger partial charge in [-0.1, -0.05) is 31.2 Å². The van der Waals surface area contributed by atoms with E-state index in [4.69, 9.17) is 9.47 Å². The van der Waals surface area contributed by atoms with Crippen LogP contribution in [0.25, 0.3) is 0 Å². The number of rotatable bonds is 6. The van der Waals surface area contributed by atoms with Crippen LogP contribution in [0.4, 0.5) is 5.69 Å². The third-order valence-electron chi connectivity index (χ3n) is 3.68. The van der Waals surface area contributed by atoms with E-state index >= 15 is 0 Å². The predicted octanol–water partition coefficient (Wildman–Crippen LogP) is 4.44. The average Bonchev–Trinajstić information content (AvgIpc) is 2.54. The van der Waals surface area contributed by atoms with Crippen LogP contribution >= 0.6 is 0 Å². The lowest BCUT2D eigenvalue weighted by Gasteiger charge is -2.19. The molecule has 0 radical (unpaired) electrons. The Bertz CT molecular complexity index is 596. The Kier molecular flexibility index (Phi) is 5.09. The Morgan fingerprint density at radius 2 is 1.71 bits per heavy atom. The van der Waals surface area contributed by atoms with E-state index in [0.717, 1.165) is 17.9 Å². The second kappa shape index (κ2) is 7.02. The summed E-state index contributed by atoms with van der Waals surface area (Å²) in [5.41, 5.74) is 3.67. The first-order valence-corrected chi connectivity index (χ1v) is 7.26. The average molecular weight is 285 g/mol. The van der Waals surface area contributed by atoms with Gasteiger partial charge >= 0.3 is 0 Å². The van der Waals surface area contributed by atoms with Crippen LogP contribution in [-0.4, -0.2) is 14.2 Å². The van der Waals surface area contributed by atoms with Crippen molar-refractivity contribution in [2.24, 2.45) is 0 Å². The highest BCUT2D eigenvalue weighted by Gasteiger charge is 2.11. The van der Waals surface area contributed by atoms with Crippen molar-refractivity contribution in [3.63, 3.8) is 0 Å². The summed E-state index contributed by atoms with van der Waals surface area (Å²) >= 11 is 0. The number of hydrogen-bond donors (Lipinski definition) is 1. The van der Waals surface area contributed by atoms with Gasteiger partial charge in [0.05, 0.1) is 14.2 Å². The molecule has 3 nitrogen and oxygen atoms in total. The molecule has 0 aliphatic heterocycles. The molecule has 0 amide bonds. The summed E-state index contributed by atoms with van der Waals surface area (Å²) in [5.74, 6) is 1.51. The van der Waals surface area contributed by atoms with Gasteiger partial charge in [-0.15, -0.1) is 0 Å². The molecule has 1 N–H and O–H groups in total. The summed E-state index contributed by atoms with van der Waals surface area (Å²) in [6.45, 7) is 4.31. The first kappa shape index (κ1) is 15.2. The minimum absolute atomic E-state index is 0.192. The summed E-state index contributed by atoms with van der Waals surface area (Å²) in [5, 5.41) is 3.57. The van der Waals surface area contributed by atoms with Crippen LogP contribution in [0.2, 0.25) is 0 Å². The highest BCUT2D eigenvalue weighted by atomic mass is 16.5. The summed E-state index contributed by atoms with van der Waals surface area (Å²) in [6, 6.07) is 14.6. The molecule has 3 heteroatoms. The molecule has 0 heterocycles. The second-order valence-corrected chi connectivity index (χ2v) is 4.99. The number of nitrogens with one attached hydrogen (secondary N) is 1. The largest absolute Gasteiger partial charge is 0.493 e. The quantitative estimate of drug-likeness (QED) is 0.851. The minimum atomic E-state index is 0.192. The molecular weight excluding hydrogens is 262 g/mol. The molecule has 1 unspecified atom stereocenters. The topological polar surface area (TPSA) is 30.5 Å². The van der Waals surface area contributed by atoms with Crippen molar-refractivity contribution in [3.05, 3.63) is 53.6 Å². The van der Waals surface area contributed by atoms with Crippen LogP contribution in [0.15, 0.2) is 42.5 Å². The van der Waals surface area contributed by atoms with E-state index in [1.165, 1.54) is 16.8 Å². The molecule has 0 fully saturated rings. The Morgan fingerprint density at radius 3 is 2.38 bits per heavy atom. The molecule has 2 aromatic rings. The van der Waals surface area contributed by atoms with Crippen molar-refractivity contribution >= 4 is 5.69 Å². The van der Waals surface area contributed by atoms with Gasteiger partial charge in [-0.3, -0.25) is 0 Å². The number of benzene rings is 2. The smallest absolute Gasteiger partial charge is 0.161 e. The maximum atomic E-state index is 5.37. The number of hydrogen-bond acceptors (Lipinski definition) is 3. The fourth-order valence-corrected chi connectivity index (χ4v) is 2.41. The molecule has 0 saturated heterocycles. The molecule has 21 heavy (non-hydrogen) atoms. The zero-order valence-electron chi connectivity index (χ0n) is 13.1. The number of para-hydroxylation sites is 1. The zero-order valence-corrected chi connectivity index (χ0v) is 13.1. The van der Waals surface area contributed by atoms with Gasteiger partial charge in [0.25, 0.3) is 0 Å². The van der Waals surface area contributed by atoms with Crippen LogP contribution in [0.5, 0.6) is 11.5 Å². The number of methoxy groups -OCH3 is 2. The monoisotopic (exact) mass is 285 g/mol. The van der Waals surface area contributed by atoms with E-state index in [0.29, 0.717) is 0 Å². The van der Waals surface area contributed by atoms with Gasteiger partial charge < -0.3 is 14.8 Å². The highest BCUT2D eigenvalue weighted by molar-refractivity contribution is 5.53. The molecule has 112 valence electrons. The van der Waals surface area contributed by atoms with Gasteiger partial charge in [-0.2, -0.15) is 0 Å². The van der Waals surface area contributed by atoms with Crippen molar-refractivity contribution in [2.45, 2.75) is 26.3 Å². The van der Waals surface area contributed by atoms with Crippen LogP contribution in [0.1, 0.15) is 31.0 Å². The maximum absolute atomic E-state index is 5.37. The number of ether oxygens (including phenoxy) is 2. The van der Waals surface area contributed by atoms with Gasteiger partial charge in [-0.05, 0) is 42.7 Å². The van der Waals surface area contributed by atoms with Crippen molar-refractivity contribution in [2.75, 3.05) is 19.5 Å². The summed E-state index contributed by atoms with van der Waals surface area (Å²) in [6.07, 6.45) is 1.02. The predicted molar refractivity (Wildman–Crippen MR) is 87.4 cm³/mol. The molecule has 2 rings (SSSR count). The molecule has 0 aliphatic carbocycles. The lowest BCUT2D eigenvalue weighted by atomic mass is 10.1. The molecule has 0 aromatic heterocycles. The summed E-state index contributed by atoms with van der Waals surface area (Å²) < 4.78 is 10.6. The van der Waals surface area contributed by atoms with Gasteiger partial charge in [0.2, 0.25) is 0 Å². The molecule has 0 spiro atoms. The van der Waals surface area contributed by atoms with E-state index in [2.05, 4.69) is 49.5 Å². The fourth-order valence-electron chi connectivity index (χ4n) is 2.41. The van der Waals surface area contributed by atoms with Crippen LogP contribution < -0.4 is 14.8 Å². The number of anilines is 1. The van der Waals surface area contributed by atoms with E-state index in [1.807, 2.05) is 12.1 Å². The summed E-state index contributed by atoms with van der Waals surface area (Å²) in [7, 11) is 3.31. The van der Waals surface area contributed by atoms with Gasteiger partial charge in [0, 0.05) is 11.7 Å². The van der Waals surface area contributed by atoms with E-state index in [1.54, 1.807) is 14.2 Å². The third kappa shape index (κ3) is 3.48. The van der Waals surface area contributed by atoms with E-state index in [9.17, 15) is 0 Å². The molecule has 1 atom stereocenters. The highest BCUT2D eigenvalue weighted by Crippen LogP contribution is 2.31. The SMILES string of the molecule is CCc1ccccc1NC(C)c1ccc(OC)c(OC)c1. The van der Waals surface area contributed by atoms with E-state index in [-0.39, 0.29) is 6.04 Å². The van der Waals surface area contributed by atoms with Gasteiger partial charge in [0.1, 0.15) is 0 Å². The molecule has 0 aliphatic rings. The molecule has 0 saturated carbocycles. The molecular formula is C18H23NO2. The molecule has 0 bridgehead atoms. The Labute approximate surface area is 126 Å². The first-order chi connectivity index (χ1) is 10.2. The fraction of sp³-hybridized carbons (Fsp3) is 0.333. The standard InChI is InChI=1S/C18H23NO2/c1-5-14-8-6-7-9-16(14)19-13(2)15-10-11-17(20-3)18(12-15)21-4/h6-13,19H,5H2,1-4H3. The van der Waals surface area contributed by atoms with Crippen molar-refractivity contribution in [1.82, 2.24) is 0 Å². The lowest BCUT2D eigenvalue weighted by Crippen LogP contribution is -2.08.